The summed E-state index contributed by atoms with van der Waals surface area (Å²) in [6.07, 6.45) is 0.964. The van der Waals surface area contributed by atoms with E-state index in [1.807, 2.05) is 31.2 Å². The lowest BCUT2D eigenvalue weighted by Gasteiger charge is -2.23. The van der Waals surface area contributed by atoms with E-state index in [-0.39, 0.29) is 11.7 Å². The fraction of sp³-hybridized carbons (Fsp3) is 0.571. The van der Waals surface area contributed by atoms with Crippen LogP contribution in [0.4, 0.5) is 5.69 Å². The van der Waals surface area contributed by atoms with Gasteiger partial charge in [0.2, 0.25) is 0 Å². The molecule has 1 atom stereocenters. The number of nitrogens with two attached hydrogens (primary N) is 1. The Balaban J connectivity index is 2.40. The third-order valence-corrected chi connectivity index (χ3v) is 3.03. The van der Waals surface area contributed by atoms with E-state index in [0.29, 0.717) is 6.61 Å². The van der Waals surface area contributed by atoms with Crippen LogP contribution in [0.1, 0.15) is 38.9 Å². The molecule has 0 aliphatic heterocycles. The molecule has 1 aromatic carbocycles. The Morgan fingerprint density at radius 2 is 1.82 bits per heavy atom. The predicted octanol–water partition coefficient (Wildman–Crippen LogP) is 3.16. The fourth-order valence-corrected chi connectivity index (χ4v) is 1.45. The zero-order valence-corrected chi connectivity index (χ0v) is 11.2. The molecule has 0 fully saturated rings. The molecule has 96 valence electrons. The van der Waals surface area contributed by atoms with Crippen LogP contribution in [0.3, 0.4) is 0 Å². The molecular weight excluding hydrogens is 214 g/mol. The van der Waals surface area contributed by atoms with Crippen molar-refractivity contribution >= 4 is 5.69 Å². The molecule has 0 aromatic heterocycles. The molecule has 1 unspecified atom stereocenters. The van der Waals surface area contributed by atoms with Crippen LogP contribution in [0.5, 0.6) is 0 Å². The number of rotatable bonds is 6. The Labute approximate surface area is 104 Å². The minimum Gasteiger partial charge on any atom is -0.399 e. The monoisotopic (exact) mass is 237 g/mol. The van der Waals surface area contributed by atoms with Gasteiger partial charge >= 0.3 is 0 Å². The van der Waals surface area contributed by atoms with Crippen LogP contribution in [-0.4, -0.2) is 19.3 Å². The number of hydrogen-bond acceptors (Lipinski definition) is 3. The van der Waals surface area contributed by atoms with Crippen molar-refractivity contribution in [2.24, 2.45) is 0 Å². The normalized spacial score (nSPS) is 13.6. The van der Waals surface area contributed by atoms with Crippen molar-refractivity contribution in [1.29, 1.82) is 0 Å². The molecule has 0 saturated carbocycles. The number of benzene rings is 1. The van der Waals surface area contributed by atoms with Crippen LogP contribution in [0.25, 0.3) is 0 Å². The van der Waals surface area contributed by atoms with Crippen LogP contribution >= 0.6 is 0 Å². The zero-order chi connectivity index (χ0) is 12.9. The molecule has 3 nitrogen and oxygen atoms in total. The van der Waals surface area contributed by atoms with Gasteiger partial charge in [-0.2, -0.15) is 0 Å². The summed E-state index contributed by atoms with van der Waals surface area (Å²) in [6, 6.07) is 7.80. The second kappa shape index (κ2) is 6.03. The number of methoxy groups -OCH3 is 1. The van der Waals surface area contributed by atoms with Gasteiger partial charge in [-0.05, 0) is 44.9 Å². The third kappa shape index (κ3) is 4.75. The molecule has 0 amide bonds. The molecule has 0 spiro atoms. The molecule has 0 bridgehead atoms. The first-order chi connectivity index (χ1) is 7.94. The number of anilines is 1. The predicted molar refractivity (Wildman–Crippen MR) is 70.9 cm³/mol. The zero-order valence-electron chi connectivity index (χ0n) is 11.2. The molecular formula is C14H23NO2. The fourth-order valence-electron chi connectivity index (χ4n) is 1.45. The maximum absolute atomic E-state index is 5.78. The molecule has 2 N–H and O–H groups in total. The van der Waals surface area contributed by atoms with Crippen molar-refractivity contribution in [2.45, 2.75) is 38.9 Å². The first-order valence-corrected chi connectivity index (χ1v) is 5.97. The quantitative estimate of drug-likeness (QED) is 0.773. The summed E-state index contributed by atoms with van der Waals surface area (Å²) in [7, 11) is 1.73. The summed E-state index contributed by atoms with van der Waals surface area (Å²) in [5, 5.41) is 0. The highest BCUT2D eigenvalue weighted by atomic mass is 16.5. The van der Waals surface area contributed by atoms with Crippen molar-refractivity contribution < 1.29 is 9.47 Å². The standard InChI is InChI=1S/C14H23NO2/c1-11(12-5-7-13(15)8-6-12)17-10-9-14(2,3)16-4/h5-8,11H,9-10,15H2,1-4H3. The lowest BCUT2D eigenvalue weighted by molar-refractivity contribution is -0.0239. The summed E-state index contributed by atoms with van der Waals surface area (Å²) < 4.78 is 11.1. The van der Waals surface area contributed by atoms with Gasteiger partial charge in [-0.1, -0.05) is 12.1 Å². The molecule has 17 heavy (non-hydrogen) atoms. The summed E-state index contributed by atoms with van der Waals surface area (Å²) in [5.74, 6) is 0. The molecule has 0 aliphatic carbocycles. The Morgan fingerprint density at radius 3 is 2.35 bits per heavy atom. The largest absolute Gasteiger partial charge is 0.399 e. The maximum Gasteiger partial charge on any atom is 0.0796 e. The van der Waals surface area contributed by atoms with Crippen LogP contribution in [0.2, 0.25) is 0 Å². The Bertz CT molecular complexity index is 333. The SMILES string of the molecule is COC(C)(C)CCOC(C)c1ccc(N)cc1. The average molecular weight is 237 g/mol. The molecule has 0 heterocycles. The van der Waals surface area contributed by atoms with Crippen molar-refractivity contribution in [3.63, 3.8) is 0 Å². The number of ether oxygens (including phenoxy) is 2. The topological polar surface area (TPSA) is 44.5 Å². The van der Waals surface area contributed by atoms with Gasteiger partial charge in [0.1, 0.15) is 0 Å². The van der Waals surface area contributed by atoms with E-state index >= 15 is 0 Å². The van der Waals surface area contributed by atoms with Crippen LogP contribution < -0.4 is 5.73 Å². The lowest BCUT2D eigenvalue weighted by atomic mass is 10.1. The van der Waals surface area contributed by atoms with Gasteiger partial charge in [0.25, 0.3) is 0 Å². The Kier molecular flexibility index (Phi) is 4.97. The third-order valence-electron chi connectivity index (χ3n) is 3.03. The highest BCUT2D eigenvalue weighted by Gasteiger charge is 2.16. The molecule has 1 aromatic rings. The molecule has 3 heteroatoms. The van der Waals surface area contributed by atoms with Gasteiger partial charge in [0, 0.05) is 12.8 Å². The molecule has 0 saturated heterocycles. The number of nitrogen functional groups attached to an aromatic ring is 1. The van der Waals surface area contributed by atoms with Crippen molar-refractivity contribution in [3.8, 4) is 0 Å². The maximum atomic E-state index is 5.78. The minimum absolute atomic E-state index is 0.0863. The summed E-state index contributed by atoms with van der Waals surface area (Å²) >= 11 is 0. The highest BCUT2D eigenvalue weighted by Crippen LogP contribution is 2.20. The van der Waals surface area contributed by atoms with E-state index in [4.69, 9.17) is 15.2 Å². The van der Waals surface area contributed by atoms with Crippen molar-refractivity contribution in [2.75, 3.05) is 19.5 Å². The first kappa shape index (κ1) is 14.0. The highest BCUT2D eigenvalue weighted by molar-refractivity contribution is 5.39. The van der Waals surface area contributed by atoms with E-state index < -0.39 is 0 Å². The van der Waals surface area contributed by atoms with Crippen molar-refractivity contribution in [1.82, 2.24) is 0 Å². The van der Waals surface area contributed by atoms with Gasteiger partial charge in [-0.15, -0.1) is 0 Å². The van der Waals surface area contributed by atoms with Crippen LogP contribution in [-0.2, 0) is 9.47 Å². The smallest absolute Gasteiger partial charge is 0.0796 e. The molecule has 1 rings (SSSR count). The number of hydrogen-bond donors (Lipinski definition) is 1. The Hall–Kier alpha value is -1.06. The molecule has 0 radical (unpaired) electrons. The van der Waals surface area contributed by atoms with E-state index in [2.05, 4.69) is 13.8 Å². The van der Waals surface area contributed by atoms with Crippen LogP contribution in [0.15, 0.2) is 24.3 Å². The Morgan fingerprint density at radius 1 is 1.24 bits per heavy atom. The summed E-state index contributed by atoms with van der Waals surface area (Å²) in [5.41, 5.74) is 7.45. The van der Waals surface area contributed by atoms with Gasteiger partial charge < -0.3 is 15.2 Å². The van der Waals surface area contributed by atoms with Gasteiger partial charge in [0.15, 0.2) is 0 Å². The van der Waals surface area contributed by atoms with Gasteiger partial charge in [-0.25, -0.2) is 0 Å². The van der Waals surface area contributed by atoms with Crippen LogP contribution in [0, 0.1) is 0 Å². The second-order valence-electron chi connectivity index (χ2n) is 4.89. The lowest BCUT2D eigenvalue weighted by Crippen LogP contribution is -2.24. The first-order valence-electron chi connectivity index (χ1n) is 5.97. The van der Waals surface area contributed by atoms with E-state index in [0.717, 1.165) is 17.7 Å². The van der Waals surface area contributed by atoms with E-state index in [9.17, 15) is 0 Å². The summed E-state index contributed by atoms with van der Waals surface area (Å²) in [4.78, 5) is 0. The van der Waals surface area contributed by atoms with E-state index in [1.165, 1.54) is 0 Å². The van der Waals surface area contributed by atoms with Gasteiger partial charge in [0.05, 0.1) is 18.3 Å². The minimum atomic E-state index is -0.124. The summed E-state index contributed by atoms with van der Waals surface area (Å²) in [6.45, 7) is 6.85. The average Bonchev–Trinajstić information content (AvgIpc) is 2.29. The van der Waals surface area contributed by atoms with E-state index in [1.54, 1.807) is 7.11 Å². The van der Waals surface area contributed by atoms with Crippen molar-refractivity contribution in [3.05, 3.63) is 29.8 Å². The second-order valence-corrected chi connectivity index (χ2v) is 4.89. The molecule has 0 aliphatic rings. The van der Waals surface area contributed by atoms with Gasteiger partial charge in [-0.3, -0.25) is 0 Å².